The molecule has 3 N–H and O–H groups in total. The first-order chi connectivity index (χ1) is 14.8. The first-order valence-corrected chi connectivity index (χ1v) is 9.66. The molecule has 2 aromatic heterocycles. The highest BCUT2D eigenvalue weighted by Gasteiger charge is 2.55. The Hall–Kier alpha value is -3.32. The molecule has 0 bridgehead atoms. The van der Waals surface area contributed by atoms with Crippen molar-refractivity contribution in [3.05, 3.63) is 54.0 Å². The van der Waals surface area contributed by atoms with Gasteiger partial charge >= 0.3 is 0 Å². The van der Waals surface area contributed by atoms with Crippen molar-refractivity contribution in [2.45, 2.75) is 38.0 Å². The highest BCUT2D eigenvalue weighted by Crippen LogP contribution is 2.43. The van der Waals surface area contributed by atoms with Crippen molar-refractivity contribution in [1.82, 2.24) is 14.5 Å². The first-order valence-electron chi connectivity index (χ1n) is 9.66. The van der Waals surface area contributed by atoms with E-state index in [1.54, 1.807) is 6.20 Å². The van der Waals surface area contributed by atoms with Gasteiger partial charge in [-0.05, 0) is 19.1 Å². The molecule has 4 atom stereocenters. The van der Waals surface area contributed by atoms with E-state index in [0.29, 0.717) is 10.9 Å². The number of fused-ring (bicyclic) bond motifs is 1. The molecule has 1 fully saturated rings. The zero-order chi connectivity index (χ0) is 22.2. The van der Waals surface area contributed by atoms with E-state index < -0.39 is 30.7 Å². The number of halogens is 1. The monoisotopic (exact) mass is 424 g/mol. The number of carbonyl (C=O) groups is 1. The van der Waals surface area contributed by atoms with Crippen molar-refractivity contribution in [2.75, 3.05) is 11.9 Å². The van der Waals surface area contributed by atoms with Crippen LogP contribution in [-0.4, -0.2) is 55.1 Å². The lowest BCUT2D eigenvalue weighted by molar-refractivity contribution is -0.114. The van der Waals surface area contributed by atoms with Gasteiger partial charge in [-0.1, -0.05) is 30.0 Å². The van der Waals surface area contributed by atoms with Gasteiger partial charge in [-0.2, -0.15) is 0 Å². The molecule has 1 aliphatic heterocycles. The molecule has 0 aliphatic carbocycles. The molecule has 1 amide bonds. The first kappa shape index (κ1) is 20.9. The summed E-state index contributed by atoms with van der Waals surface area (Å²) in [5.41, 5.74) is -0.715. The van der Waals surface area contributed by atoms with Crippen molar-refractivity contribution < 1.29 is 24.1 Å². The van der Waals surface area contributed by atoms with E-state index in [0.717, 1.165) is 5.56 Å². The lowest BCUT2D eigenvalue weighted by Crippen LogP contribution is -2.40. The molecule has 31 heavy (non-hydrogen) atoms. The second kappa shape index (κ2) is 8.07. The van der Waals surface area contributed by atoms with Crippen LogP contribution in [-0.2, 0) is 9.53 Å². The van der Waals surface area contributed by atoms with Gasteiger partial charge in [-0.3, -0.25) is 4.79 Å². The number of nitrogens with zero attached hydrogens (tertiary/aromatic N) is 3. The summed E-state index contributed by atoms with van der Waals surface area (Å²) < 4.78 is 22.5. The average molecular weight is 424 g/mol. The Morgan fingerprint density at radius 1 is 1.32 bits per heavy atom. The van der Waals surface area contributed by atoms with Gasteiger partial charge < -0.3 is 24.8 Å². The van der Waals surface area contributed by atoms with Crippen molar-refractivity contribution in [2.24, 2.45) is 0 Å². The number of carbonyl (C=O) groups excluding carboxylic acids is 1. The minimum atomic E-state index is -2.21. The minimum absolute atomic E-state index is 0.228. The summed E-state index contributed by atoms with van der Waals surface area (Å²) >= 11 is 0. The molecule has 9 heteroatoms. The predicted molar refractivity (Wildman–Crippen MR) is 111 cm³/mol. The zero-order valence-electron chi connectivity index (χ0n) is 16.9. The third kappa shape index (κ3) is 3.77. The van der Waals surface area contributed by atoms with E-state index in [4.69, 9.17) is 4.74 Å². The molecule has 1 aliphatic rings. The van der Waals surface area contributed by atoms with Gasteiger partial charge in [0.15, 0.2) is 11.9 Å². The Kier molecular flexibility index (Phi) is 5.45. The van der Waals surface area contributed by atoms with Crippen LogP contribution in [0.4, 0.5) is 10.2 Å². The van der Waals surface area contributed by atoms with Crippen LogP contribution < -0.4 is 5.32 Å². The Labute approximate surface area is 177 Å². The summed E-state index contributed by atoms with van der Waals surface area (Å²) in [5, 5.41) is 22.8. The second-order valence-corrected chi connectivity index (χ2v) is 7.47. The van der Waals surface area contributed by atoms with Gasteiger partial charge in [0, 0.05) is 18.7 Å². The fourth-order valence-corrected chi connectivity index (χ4v) is 3.64. The van der Waals surface area contributed by atoms with Crippen LogP contribution in [0.5, 0.6) is 0 Å². The molecule has 1 aromatic carbocycles. The summed E-state index contributed by atoms with van der Waals surface area (Å²) in [5.74, 6) is 5.96. The third-order valence-electron chi connectivity index (χ3n) is 5.17. The molecule has 3 heterocycles. The van der Waals surface area contributed by atoms with Crippen molar-refractivity contribution >= 4 is 22.8 Å². The molecule has 160 valence electrons. The minimum Gasteiger partial charge on any atom is -0.394 e. The van der Waals surface area contributed by atoms with Crippen molar-refractivity contribution in [3.8, 4) is 11.8 Å². The largest absolute Gasteiger partial charge is 0.394 e. The van der Waals surface area contributed by atoms with E-state index in [1.807, 2.05) is 30.3 Å². The lowest BCUT2D eigenvalue weighted by Gasteiger charge is -2.25. The molecule has 0 unspecified atom stereocenters. The maximum atomic E-state index is 15.4. The molecule has 0 spiro atoms. The molecule has 0 radical (unpaired) electrons. The maximum Gasteiger partial charge on any atom is 0.222 e. The average Bonchev–Trinajstić information content (AvgIpc) is 3.22. The number of aliphatic hydroxyl groups is 2. The number of hydrogen-bond donors (Lipinski definition) is 3. The number of hydrogen-bond acceptors (Lipinski definition) is 6. The highest BCUT2D eigenvalue weighted by molar-refractivity contribution is 6.00. The Morgan fingerprint density at radius 3 is 2.71 bits per heavy atom. The van der Waals surface area contributed by atoms with E-state index in [2.05, 4.69) is 27.1 Å². The van der Waals surface area contributed by atoms with Crippen molar-refractivity contribution in [3.63, 3.8) is 0 Å². The van der Waals surface area contributed by atoms with Crippen molar-refractivity contribution in [1.29, 1.82) is 0 Å². The third-order valence-corrected chi connectivity index (χ3v) is 5.17. The van der Waals surface area contributed by atoms with Gasteiger partial charge in [0.25, 0.3) is 0 Å². The molecular weight excluding hydrogens is 403 g/mol. The Morgan fingerprint density at radius 2 is 2.06 bits per heavy atom. The molecule has 3 aromatic rings. The van der Waals surface area contributed by atoms with Gasteiger partial charge in [0.1, 0.15) is 30.0 Å². The number of ether oxygens (including phenoxy) is 1. The summed E-state index contributed by atoms with van der Waals surface area (Å²) in [6.45, 7) is 2.01. The van der Waals surface area contributed by atoms with Crippen LogP contribution in [0.1, 0.15) is 31.2 Å². The number of aromatic nitrogens is 3. The van der Waals surface area contributed by atoms with Crippen LogP contribution in [0.15, 0.2) is 42.9 Å². The summed E-state index contributed by atoms with van der Waals surface area (Å²) in [6.07, 6.45) is -1.10. The topological polar surface area (TPSA) is 110 Å². The number of amides is 1. The molecule has 8 nitrogen and oxygen atoms in total. The standard InChI is InChI=1S/C22H21FN4O4/c1-13(29)26-19-17-15(9-8-14-6-4-3-5-7-14)10-27(20(17)25-12-24-19)21-22(2,23)18(30)16(11-28)31-21/h3-7,10,12,16,18,21,28,30H,11H2,1-2H3,(H,24,25,26,29)/t16-,18-,21-,22-/m1/s1. The van der Waals surface area contributed by atoms with Crippen LogP contribution in [0.3, 0.4) is 0 Å². The van der Waals surface area contributed by atoms with Crippen LogP contribution >= 0.6 is 0 Å². The lowest BCUT2D eigenvalue weighted by atomic mass is 9.98. The second-order valence-electron chi connectivity index (χ2n) is 7.47. The molecule has 0 saturated carbocycles. The van der Waals surface area contributed by atoms with E-state index in [9.17, 15) is 15.0 Å². The van der Waals surface area contributed by atoms with Gasteiger partial charge in [-0.15, -0.1) is 0 Å². The smallest absolute Gasteiger partial charge is 0.222 e. The Balaban J connectivity index is 1.90. The van der Waals surface area contributed by atoms with E-state index in [-0.39, 0.29) is 17.4 Å². The van der Waals surface area contributed by atoms with E-state index >= 15 is 4.39 Å². The number of nitrogens with one attached hydrogen (secondary N) is 1. The van der Waals surface area contributed by atoms with Crippen LogP contribution in [0, 0.1) is 11.8 Å². The Bertz CT molecular complexity index is 1180. The quantitative estimate of drug-likeness (QED) is 0.553. The SMILES string of the molecule is CC(=O)Nc1ncnc2c1c(C#Cc1ccccc1)cn2[C@@H]1O[C@H](CO)[C@@H](O)[C@@]1(C)F. The predicted octanol–water partition coefficient (Wildman–Crippen LogP) is 1.77. The molecular formula is C22H21FN4O4. The summed E-state index contributed by atoms with van der Waals surface area (Å²) in [6, 6.07) is 9.28. The number of benzene rings is 1. The normalized spacial score (nSPS) is 25.3. The van der Waals surface area contributed by atoms with E-state index in [1.165, 1.54) is 24.7 Å². The van der Waals surface area contributed by atoms with Crippen LogP contribution in [0.2, 0.25) is 0 Å². The summed E-state index contributed by atoms with van der Waals surface area (Å²) in [4.78, 5) is 20.1. The van der Waals surface area contributed by atoms with Gasteiger partial charge in [-0.25, -0.2) is 14.4 Å². The summed E-state index contributed by atoms with van der Waals surface area (Å²) in [7, 11) is 0. The number of rotatable bonds is 3. The molecule has 1 saturated heterocycles. The zero-order valence-corrected chi connectivity index (χ0v) is 16.9. The maximum absolute atomic E-state index is 15.4. The van der Waals surface area contributed by atoms with Gasteiger partial charge in [0.05, 0.1) is 17.6 Å². The highest BCUT2D eigenvalue weighted by atomic mass is 19.1. The number of alkyl halides is 1. The number of aliphatic hydroxyl groups excluding tert-OH is 2. The number of anilines is 1. The fraction of sp³-hybridized carbons (Fsp3) is 0.318. The van der Waals surface area contributed by atoms with Crippen LogP contribution in [0.25, 0.3) is 11.0 Å². The molecule has 4 rings (SSSR count). The fourth-order valence-electron chi connectivity index (χ4n) is 3.64. The van der Waals surface area contributed by atoms with Gasteiger partial charge in [0.2, 0.25) is 5.91 Å².